The Balaban J connectivity index is 1.73. The highest BCUT2D eigenvalue weighted by Gasteiger charge is 2.28. The van der Waals surface area contributed by atoms with E-state index in [1.807, 2.05) is 29.2 Å². The third-order valence-electron chi connectivity index (χ3n) is 4.63. The largest absolute Gasteiger partial charge is 0.312 e. The zero-order valence-electron chi connectivity index (χ0n) is 14.6. The van der Waals surface area contributed by atoms with Crippen molar-refractivity contribution in [3.63, 3.8) is 0 Å². The molecule has 126 valence electrons. The van der Waals surface area contributed by atoms with Gasteiger partial charge in [-0.3, -0.25) is 4.79 Å². The van der Waals surface area contributed by atoms with Crippen molar-refractivity contribution in [2.75, 3.05) is 32.1 Å². The van der Waals surface area contributed by atoms with Crippen LogP contribution in [0.1, 0.15) is 17.5 Å². The van der Waals surface area contributed by atoms with E-state index in [1.165, 1.54) is 11.1 Å². The zero-order valence-corrected chi connectivity index (χ0v) is 14.6. The van der Waals surface area contributed by atoms with Crippen LogP contribution < -0.4 is 4.90 Å². The molecule has 0 saturated carbocycles. The summed E-state index contributed by atoms with van der Waals surface area (Å²) in [5, 5.41) is 0. The van der Waals surface area contributed by atoms with Crippen molar-refractivity contribution in [1.82, 2.24) is 4.90 Å². The molecule has 0 fully saturated rings. The maximum absolute atomic E-state index is 12.9. The lowest BCUT2D eigenvalue weighted by Gasteiger charge is -2.36. The van der Waals surface area contributed by atoms with Gasteiger partial charge in [-0.05, 0) is 50.0 Å². The van der Waals surface area contributed by atoms with Crippen LogP contribution in [0.2, 0.25) is 0 Å². The summed E-state index contributed by atoms with van der Waals surface area (Å²) >= 11 is 0. The number of anilines is 1. The van der Waals surface area contributed by atoms with Gasteiger partial charge in [-0.1, -0.05) is 48.5 Å². The topological polar surface area (TPSA) is 23.6 Å². The Morgan fingerprint density at radius 2 is 1.79 bits per heavy atom. The molecule has 1 amide bonds. The van der Waals surface area contributed by atoms with Gasteiger partial charge in [0, 0.05) is 25.2 Å². The highest BCUT2D eigenvalue weighted by molar-refractivity contribution is 5.94. The molecule has 0 N–H and O–H groups in total. The van der Waals surface area contributed by atoms with E-state index < -0.39 is 0 Å². The third kappa shape index (κ3) is 4.04. The average Bonchev–Trinajstić information content (AvgIpc) is 2.59. The van der Waals surface area contributed by atoms with Gasteiger partial charge in [0.25, 0.3) is 0 Å². The van der Waals surface area contributed by atoms with Crippen LogP contribution in [-0.4, -0.2) is 38.0 Å². The standard InChI is InChI=1S/C21H26N2O/c1-22(2)15-18-14-19-10-6-7-11-20(19)23(16-18)21(24)13-12-17-8-4-3-5-9-17/h3-11,18H,12-16H2,1-2H3. The molecule has 0 aliphatic carbocycles. The summed E-state index contributed by atoms with van der Waals surface area (Å²) in [6, 6.07) is 18.6. The van der Waals surface area contributed by atoms with Crippen LogP contribution in [0.3, 0.4) is 0 Å². The highest BCUT2D eigenvalue weighted by Crippen LogP contribution is 2.30. The van der Waals surface area contributed by atoms with E-state index in [2.05, 4.69) is 49.3 Å². The minimum absolute atomic E-state index is 0.231. The van der Waals surface area contributed by atoms with E-state index in [-0.39, 0.29) is 5.91 Å². The Hall–Kier alpha value is -2.13. The van der Waals surface area contributed by atoms with Crippen LogP contribution in [0.15, 0.2) is 54.6 Å². The summed E-state index contributed by atoms with van der Waals surface area (Å²) in [6.45, 7) is 1.83. The smallest absolute Gasteiger partial charge is 0.227 e. The Morgan fingerprint density at radius 1 is 1.08 bits per heavy atom. The first-order valence-corrected chi connectivity index (χ1v) is 8.70. The minimum atomic E-state index is 0.231. The van der Waals surface area contributed by atoms with Gasteiger partial charge in [0.05, 0.1) is 0 Å². The van der Waals surface area contributed by atoms with E-state index in [1.54, 1.807) is 0 Å². The quantitative estimate of drug-likeness (QED) is 0.842. The van der Waals surface area contributed by atoms with Crippen molar-refractivity contribution in [2.45, 2.75) is 19.3 Å². The van der Waals surface area contributed by atoms with Gasteiger partial charge >= 0.3 is 0 Å². The Bertz CT molecular complexity index is 681. The molecular formula is C21H26N2O. The Labute approximate surface area is 144 Å². The van der Waals surface area contributed by atoms with Crippen LogP contribution in [0.25, 0.3) is 0 Å². The molecule has 0 radical (unpaired) electrons. The summed E-state index contributed by atoms with van der Waals surface area (Å²) in [6.07, 6.45) is 2.42. The molecule has 0 bridgehead atoms. The summed E-state index contributed by atoms with van der Waals surface area (Å²) in [5.74, 6) is 0.727. The number of benzene rings is 2. The highest BCUT2D eigenvalue weighted by atomic mass is 16.2. The molecule has 2 aromatic carbocycles. The lowest BCUT2D eigenvalue weighted by Crippen LogP contribution is -2.43. The first-order chi connectivity index (χ1) is 11.6. The first-order valence-electron chi connectivity index (χ1n) is 8.70. The van der Waals surface area contributed by atoms with Gasteiger partial charge in [-0.25, -0.2) is 0 Å². The molecule has 3 rings (SSSR count). The number of hydrogen-bond acceptors (Lipinski definition) is 2. The Morgan fingerprint density at radius 3 is 2.54 bits per heavy atom. The van der Waals surface area contributed by atoms with Crippen molar-refractivity contribution in [1.29, 1.82) is 0 Å². The number of aryl methyl sites for hydroxylation is 1. The molecule has 0 aromatic heterocycles. The molecule has 1 aliphatic heterocycles. The fraction of sp³-hybridized carbons (Fsp3) is 0.381. The predicted molar refractivity (Wildman–Crippen MR) is 99.3 cm³/mol. The molecule has 1 unspecified atom stereocenters. The zero-order chi connectivity index (χ0) is 16.9. The van der Waals surface area contributed by atoms with Crippen molar-refractivity contribution in [3.8, 4) is 0 Å². The van der Waals surface area contributed by atoms with Crippen molar-refractivity contribution in [3.05, 3.63) is 65.7 Å². The number of rotatable bonds is 5. The first kappa shape index (κ1) is 16.7. The van der Waals surface area contributed by atoms with E-state index in [9.17, 15) is 4.79 Å². The fourth-order valence-electron chi connectivity index (χ4n) is 3.58. The molecular weight excluding hydrogens is 296 g/mol. The number of carbonyl (C=O) groups excluding carboxylic acids is 1. The second kappa shape index (κ2) is 7.63. The normalized spacial score (nSPS) is 17.0. The predicted octanol–water partition coefficient (Wildman–Crippen LogP) is 3.39. The summed E-state index contributed by atoms with van der Waals surface area (Å²) in [7, 11) is 4.20. The number of nitrogens with zero attached hydrogens (tertiary/aromatic N) is 2. The SMILES string of the molecule is CN(C)CC1Cc2ccccc2N(C(=O)CCc2ccccc2)C1. The summed E-state index contributed by atoms with van der Waals surface area (Å²) < 4.78 is 0. The molecule has 3 heteroatoms. The molecule has 24 heavy (non-hydrogen) atoms. The fourth-order valence-corrected chi connectivity index (χ4v) is 3.58. The molecule has 1 atom stereocenters. The lowest BCUT2D eigenvalue weighted by atomic mass is 9.91. The van der Waals surface area contributed by atoms with Crippen molar-refractivity contribution < 1.29 is 4.79 Å². The van der Waals surface area contributed by atoms with Gasteiger partial charge < -0.3 is 9.80 Å². The Kier molecular flexibility index (Phi) is 5.31. The van der Waals surface area contributed by atoms with Gasteiger partial charge in [0.15, 0.2) is 0 Å². The summed E-state index contributed by atoms with van der Waals surface area (Å²) in [5.41, 5.74) is 3.62. The van der Waals surface area contributed by atoms with Gasteiger partial charge in [0.2, 0.25) is 5.91 Å². The average molecular weight is 322 g/mol. The van der Waals surface area contributed by atoms with Crippen molar-refractivity contribution in [2.24, 2.45) is 5.92 Å². The monoisotopic (exact) mass is 322 g/mol. The van der Waals surface area contributed by atoms with Crippen LogP contribution in [0, 0.1) is 5.92 Å². The maximum atomic E-state index is 12.9. The van der Waals surface area contributed by atoms with Crippen LogP contribution in [-0.2, 0) is 17.6 Å². The second-order valence-corrected chi connectivity index (χ2v) is 6.95. The summed E-state index contributed by atoms with van der Waals surface area (Å²) in [4.78, 5) is 17.1. The number of para-hydroxylation sites is 1. The number of hydrogen-bond donors (Lipinski definition) is 0. The second-order valence-electron chi connectivity index (χ2n) is 6.95. The minimum Gasteiger partial charge on any atom is -0.312 e. The third-order valence-corrected chi connectivity index (χ3v) is 4.63. The van der Waals surface area contributed by atoms with Crippen LogP contribution >= 0.6 is 0 Å². The molecule has 1 aliphatic rings. The van der Waals surface area contributed by atoms with Crippen LogP contribution in [0.4, 0.5) is 5.69 Å². The molecule has 1 heterocycles. The van der Waals surface area contributed by atoms with Gasteiger partial charge in [0.1, 0.15) is 0 Å². The van der Waals surface area contributed by atoms with Crippen molar-refractivity contribution >= 4 is 11.6 Å². The van der Waals surface area contributed by atoms with E-state index in [0.29, 0.717) is 12.3 Å². The van der Waals surface area contributed by atoms with Gasteiger partial charge in [-0.2, -0.15) is 0 Å². The lowest BCUT2D eigenvalue weighted by molar-refractivity contribution is -0.118. The van der Waals surface area contributed by atoms with E-state index in [0.717, 1.165) is 31.6 Å². The molecule has 3 nitrogen and oxygen atoms in total. The maximum Gasteiger partial charge on any atom is 0.227 e. The number of fused-ring (bicyclic) bond motifs is 1. The van der Waals surface area contributed by atoms with E-state index in [4.69, 9.17) is 0 Å². The number of carbonyl (C=O) groups is 1. The molecule has 0 spiro atoms. The molecule has 0 saturated heterocycles. The van der Waals surface area contributed by atoms with E-state index >= 15 is 0 Å². The molecule has 2 aromatic rings. The van der Waals surface area contributed by atoms with Gasteiger partial charge in [-0.15, -0.1) is 0 Å². The van der Waals surface area contributed by atoms with Crippen LogP contribution in [0.5, 0.6) is 0 Å². The number of amides is 1.